The quantitative estimate of drug-likeness (QED) is 0.863. The predicted molar refractivity (Wildman–Crippen MR) is 83.7 cm³/mol. The number of nitrogens with zero attached hydrogens (tertiary/aromatic N) is 2. The first-order valence-corrected chi connectivity index (χ1v) is 7.45. The van der Waals surface area contributed by atoms with Gasteiger partial charge in [-0.25, -0.2) is 0 Å². The Morgan fingerprint density at radius 1 is 0.900 bits per heavy atom. The highest BCUT2D eigenvalue weighted by atomic mass is 15.1. The molecule has 0 amide bonds. The van der Waals surface area contributed by atoms with Crippen LogP contribution in [-0.2, 0) is 0 Å². The molecule has 1 aromatic carbocycles. The molecule has 106 valence electrons. The van der Waals surface area contributed by atoms with Crippen LogP contribution in [0.5, 0.6) is 0 Å². The first-order chi connectivity index (χ1) is 9.72. The zero-order chi connectivity index (χ0) is 13.9. The molecule has 4 nitrogen and oxygen atoms in total. The summed E-state index contributed by atoms with van der Waals surface area (Å²) in [5, 5.41) is 6.92. The summed E-state index contributed by atoms with van der Waals surface area (Å²) in [4.78, 5) is 9.19. The predicted octanol–water partition coefficient (Wildman–Crippen LogP) is 1.94. The van der Waals surface area contributed by atoms with Crippen LogP contribution in [0.2, 0.25) is 0 Å². The normalized spacial score (nSPS) is 26.1. The fourth-order valence-electron chi connectivity index (χ4n) is 2.61. The van der Waals surface area contributed by atoms with Gasteiger partial charge in [-0.3, -0.25) is 9.98 Å². The molecule has 3 rings (SSSR count). The van der Waals surface area contributed by atoms with Crippen LogP contribution in [0.4, 0.5) is 0 Å². The monoisotopic (exact) mass is 270 g/mol. The molecule has 0 aliphatic carbocycles. The van der Waals surface area contributed by atoms with Gasteiger partial charge in [0.15, 0.2) is 0 Å². The summed E-state index contributed by atoms with van der Waals surface area (Å²) >= 11 is 0. The molecule has 2 unspecified atom stereocenters. The van der Waals surface area contributed by atoms with Crippen molar-refractivity contribution in [3.8, 4) is 0 Å². The SMILES string of the molecule is CC1CCN=C(c2cccc(C3=NCCC(C)N3)c2)N1. The first kappa shape index (κ1) is 13.2. The molecular weight excluding hydrogens is 248 g/mol. The Morgan fingerprint density at radius 2 is 1.40 bits per heavy atom. The lowest BCUT2D eigenvalue weighted by Crippen LogP contribution is -2.39. The van der Waals surface area contributed by atoms with Crippen LogP contribution in [0.25, 0.3) is 0 Å². The Balaban J connectivity index is 1.86. The van der Waals surface area contributed by atoms with E-state index in [1.807, 2.05) is 0 Å². The second-order valence-electron chi connectivity index (χ2n) is 5.71. The summed E-state index contributed by atoms with van der Waals surface area (Å²) in [6, 6.07) is 9.47. The third kappa shape index (κ3) is 2.84. The van der Waals surface area contributed by atoms with Crippen LogP contribution in [0.3, 0.4) is 0 Å². The van der Waals surface area contributed by atoms with E-state index in [0.29, 0.717) is 12.1 Å². The molecule has 0 aromatic heterocycles. The molecular formula is C16H22N4. The lowest BCUT2D eigenvalue weighted by Gasteiger charge is -2.23. The molecule has 2 heterocycles. The van der Waals surface area contributed by atoms with E-state index in [-0.39, 0.29) is 0 Å². The maximum atomic E-state index is 4.60. The Bertz CT molecular complexity index is 502. The van der Waals surface area contributed by atoms with Crippen LogP contribution < -0.4 is 10.6 Å². The number of amidine groups is 2. The van der Waals surface area contributed by atoms with Crippen molar-refractivity contribution in [3.63, 3.8) is 0 Å². The van der Waals surface area contributed by atoms with Crippen molar-refractivity contribution in [2.75, 3.05) is 13.1 Å². The number of nitrogens with one attached hydrogen (secondary N) is 2. The first-order valence-electron chi connectivity index (χ1n) is 7.45. The van der Waals surface area contributed by atoms with Crippen LogP contribution >= 0.6 is 0 Å². The smallest absolute Gasteiger partial charge is 0.128 e. The Labute approximate surface area is 120 Å². The van der Waals surface area contributed by atoms with Crippen molar-refractivity contribution >= 4 is 11.7 Å². The Morgan fingerprint density at radius 3 is 1.85 bits per heavy atom. The van der Waals surface area contributed by atoms with Gasteiger partial charge in [-0.05, 0) is 32.8 Å². The van der Waals surface area contributed by atoms with Crippen molar-refractivity contribution in [1.82, 2.24) is 10.6 Å². The fraction of sp³-hybridized carbons (Fsp3) is 0.500. The van der Waals surface area contributed by atoms with Crippen LogP contribution in [0.1, 0.15) is 37.8 Å². The minimum absolute atomic E-state index is 0.497. The van der Waals surface area contributed by atoms with Gasteiger partial charge in [-0.1, -0.05) is 18.2 Å². The average molecular weight is 270 g/mol. The van der Waals surface area contributed by atoms with E-state index < -0.39 is 0 Å². The lowest BCUT2D eigenvalue weighted by atomic mass is 10.1. The third-order valence-electron chi connectivity index (χ3n) is 3.84. The molecule has 0 saturated carbocycles. The van der Waals surface area contributed by atoms with Crippen molar-refractivity contribution in [3.05, 3.63) is 35.4 Å². The fourth-order valence-corrected chi connectivity index (χ4v) is 2.61. The summed E-state index contributed by atoms with van der Waals surface area (Å²) < 4.78 is 0. The van der Waals surface area contributed by atoms with Gasteiger partial charge in [0, 0.05) is 36.3 Å². The van der Waals surface area contributed by atoms with E-state index >= 15 is 0 Å². The van der Waals surface area contributed by atoms with Crippen molar-refractivity contribution in [2.24, 2.45) is 9.98 Å². The van der Waals surface area contributed by atoms with Crippen LogP contribution in [0.15, 0.2) is 34.3 Å². The molecule has 2 N–H and O–H groups in total. The van der Waals surface area contributed by atoms with E-state index in [1.165, 1.54) is 0 Å². The molecule has 0 spiro atoms. The summed E-state index contributed by atoms with van der Waals surface area (Å²) in [7, 11) is 0. The van der Waals surface area contributed by atoms with Gasteiger partial charge in [0.2, 0.25) is 0 Å². The molecule has 4 heteroatoms. The van der Waals surface area contributed by atoms with Gasteiger partial charge in [0.1, 0.15) is 11.7 Å². The standard InChI is InChI=1S/C16H22N4/c1-11-6-8-17-15(19-11)13-4-3-5-14(10-13)16-18-9-7-12(2)20-16/h3-5,10-12H,6-9H2,1-2H3,(H,17,19)(H,18,20). The number of hydrogen-bond acceptors (Lipinski definition) is 4. The maximum absolute atomic E-state index is 4.60. The molecule has 2 aliphatic heterocycles. The largest absolute Gasteiger partial charge is 0.367 e. The molecule has 2 atom stereocenters. The zero-order valence-electron chi connectivity index (χ0n) is 12.2. The molecule has 0 fully saturated rings. The molecule has 2 aliphatic rings. The Kier molecular flexibility index (Phi) is 3.72. The molecule has 0 bridgehead atoms. The summed E-state index contributed by atoms with van der Waals surface area (Å²) in [6.07, 6.45) is 2.21. The van der Waals surface area contributed by atoms with E-state index in [9.17, 15) is 0 Å². The van der Waals surface area contributed by atoms with E-state index in [2.05, 4.69) is 58.7 Å². The van der Waals surface area contributed by atoms with Crippen molar-refractivity contribution in [2.45, 2.75) is 38.8 Å². The number of aliphatic imine (C=N–C) groups is 2. The number of benzene rings is 1. The highest BCUT2D eigenvalue weighted by Gasteiger charge is 2.16. The second kappa shape index (κ2) is 5.65. The Hall–Kier alpha value is -1.84. The second-order valence-corrected chi connectivity index (χ2v) is 5.71. The zero-order valence-corrected chi connectivity index (χ0v) is 12.2. The molecule has 20 heavy (non-hydrogen) atoms. The minimum Gasteiger partial charge on any atom is -0.367 e. The van der Waals surface area contributed by atoms with Gasteiger partial charge >= 0.3 is 0 Å². The van der Waals surface area contributed by atoms with Gasteiger partial charge in [0.05, 0.1) is 0 Å². The van der Waals surface area contributed by atoms with Crippen LogP contribution in [0, 0.1) is 0 Å². The highest BCUT2D eigenvalue weighted by molar-refractivity contribution is 6.04. The minimum atomic E-state index is 0.497. The third-order valence-corrected chi connectivity index (χ3v) is 3.84. The van der Waals surface area contributed by atoms with Gasteiger partial charge < -0.3 is 10.6 Å². The summed E-state index contributed by atoms with van der Waals surface area (Å²) in [5.74, 6) is 2.02. The highest BCUT2D eigenvalue weighted by Crippen LogP contribution is 2.12. The van der Waals surface area contributed by atoms with Gasteiger partial charge in [-0.15, -0.1) is 0 Å². The molecule has 1 aromatic rings. The van der Waals surface area contributed by atoms with Crippen LogP contribution in [-0.4, -0.2) is 36.8 Å². The van der Waals surface area contributed by atoms with Gasteiger partial charge in [-0.2, -0.15) is 0 Å². The molecule has 0 saturated heterocycles. The lowest BCUT2D eigenvalue weighted by molar-refractivity contribution is 0.587. The topological polar surface area (TPSA) is 48.8 Å². The van der Waals surface area contributed by atoms with E-state index in [0.717, 1.165) is 48.7 Å². The molecule has 0 radical (unpaired) electrons. The maximum Gasteiger partial charge on any atom is 0.128 e. The summed E-state index contributed by atoms with van der Waals surface area (Å²) in [6.45, 7) is 6.22. The number of hydrogen-bond donors (Lipinski definition) is 2. The van der Waals surface area contributed by atoms with E-state index in [1.54, 1.807) is 0 Å². The summed E-state index contributed by atoms with van der Waals surface area (Å²) in [5.41, 5.74) is 2.30. The van der Waals surface area contributed by atoms with E-state index in [4.69, 9.17) is 0 Å². The van der Waals surface area contributed by atoms with Gasteiger partial charge in [0.25, 0.3) is 0 Å². The average Bonchev–Trinajstić information content (AvgIpc) is 2.47. The number of rotatable bonds is 2. The van der Waals surface area contributed by atoms with Crippen molar-refractivity contribution in [1.29, 1.82) is 0 Å². The van der Waals surface area contributed by atoms with Crippen molar-refractivity contribution < 1.29 is 0 Å².